The number of rotatable bonds is 8. The number of anilines is 1. The van der Waals surface area contributed by atoms with Crippen molar-refractivity contribution in [1.29, 1.82) is 0 Å². The van der Waals surface area contributed by atoms with Crippen LogP contribution in [0.5, 0.6) is 5.75 Å². The fourth-order valence-corrected chi connectivity index (χ4v) is 4.75. The highest BCUT2D eigenvalue weighted by atomic mass is 32.2. The molecule has 1 aliphatic rings. The summed E-state index contributed by atoms with van der Waals surface area (Å²) in [5.41, 5.74) is 1.68. The molecule has 0 N–H and O–H groups in total. The van der Waals surface area contributed by atoms with Gasteiger partial charge in [0.05, 0.1) is 18.6 Å². The Bertz CT molecular complexity index is 1090. The maximum absolute atomic E-state index is 14.0. The molecule has 1 aliphatic heterocycles. The molecule has 9 heteroatoms. The number of carbonyl (C=O) groups is 1. The van der Waals surface area contributed by atoms with E-state index in [9.17, 15) is 9.18 Å². The Morgan fingerprint density at radius 2 is 1.88 bits per heavy atom. The molecule has 0 aliphatic carbocycles. The van der Waals surface area contributed by atoms with Gasteiger partial charge in [0.25, 0.3) is 0 Å². The number of ether oxygens (including phenoxy) is 1. The molecule has 0 unspecified atom stereocenters. The zero-order valence-corrected chi connectivity index (χ0v) is 19.7. The zero-order valence-electron chi connectivity index (χ0n) is 18.9. The highest BCUT2D eigenvalue weighted by molar-refractivity contribution is 7.99. The highest BCUT2D eigenvalue weighted by Crippen LogP contribution is 2.28. The Hall–Kier alpha value is -3.07. The van der Waals surface area contributed by atoms with Gasteiger partial charge in [-0.2, -0.15) is 0 Å². The molecule has 174 valence electrons. The van der Waals surface area contributed by atoms with Crippen LogP contribution in [0.3, 0.4) is 0 Å². The monoisotopic (exact) mass is 469 g/mol. The molecule has 1 saturated heterocycles. The minimum absolute atomic E-state index is 0.0710. The molecule has 0 spiro atoms. The van der Waals surface area contributed by atoms with Crippen molar-refractivity contribution in [3.8, 4) is 11.4 Å². The summed E-state index contributed by atoms with van der Waals surface area (Å²) in [7, 11) is 3.14. The summed E-state index contributed by atoms with van der Waals surface area (Å²) in [6, 6.07) is 14.7. The second-order valence-electron chi connectivity index (χ2n) is 8.01. The van der Waals surface area contributed by atoms with E-state index >= 15 is 0 Å². The highest BCUT2D eigenvalue weighted by Gasteiger charge is 2.22. The number of carbonyl (C=O) groups excluding carboxylic acids is 1. The standard InChI is InChI=1S/C24H28FN5O2S/c1-28(16-18-11-12-21(32-2)20(25)15-18)22(31)17-33-24-27-26-23(29-13-7-4-8-14-29)30(24)19-9-5-3-6-10-19/h3,5-6,9-12,15H,4,7-8,13-14,16-17H2,1-2H3. The number of benzene rings is 2. The molecule has 4 rings (SSSR count). The summed E-state index contributed by atoms with van der Waals surface area (Å²) in [4.78, 5) is 16.7. The Morgan fingerprint density at radius 1 is 1.12 bits per heavy atom. The molecule has 0 bridgehead atoms. The Labute approximate surface area is 197 Å². The third kappa shape index (κ3) is 5.47. The van der Waals surface area contributed by atoms with Crippen molar-refractivity contribution in [2.24, 2.45) is 0 Å². The number of amides is 1. The van der Waals surface area contributed by atoms with E-state index in [0.29, 0.717) is 17.3 Å². The minimum atomic E-state index is -0.438. The molecule has 33 heavy (non-hydrogen) atoms. The second kappa shape index (κ2) is 10.7. The zero-order chi connectivity index (χ0) is 23.2. The van der Waals surface area contributed by atoms with Gasteiger partial charge in [-0.1, -0.05) is 36.0 Å². The molecule has 1 fully saturated rings. The van der Waals surface area contributed by atoms with Gasteiger partial charge in [0.15, 0.2) is 16.7 Å². The van der Waals surface area contributed by atoms with Gasteiger partial charge in [0.1, 0.15) is 0 Å². The molecule has 7 nitrogen and oxygen atoms in total. The molecule has 0 radical (unpaired) electrons. The molecular formula is C24H28FN5O2S. The average Bonchev–Trinajstić information content (AvgIpc) is 3.27. The molecular weight excluding hydrogens is 441 g/mol. The summed E-state index contributed by atoms with van der Waals surface area (Å²) < 4.78 is 21.0. The summed E-state index contributed by atoms with van der Waals surface area (Å²) in [6.07, 6.45) is 3.51. The van der Waals surface area contributed by atoms with Gasteiger partial charge in [-0.05, 0) is 49.1 Å². The van der Waals surface area contributed by atoms with Crippen LogP contribution in [0.25, 0.3) is 5.69 Å². The first kappa shape index (κ1) is 23.1. The van der Waals surface area contributed by atoms with E-state index in [-0.39, 0.29) is 17.4 Å². The second-order valence-corrected chi connectivity index (χ2v) is 8.95. The predicted octanol–water partition coefficient (Wildman–Crippen LogP) is 4.16. The van der Waals surface area contributed by atoms with Gasteiger partial charge in [-0.3, -0.25) is 9.36 Å². The number of hydrogen-bond donors (Lipinski definition) is 0. The van der Waals surface area contributed by atoms with Crippen molar-refractivity contribution in [3.63, 3.8) is 0 Å². The van der Waals surface area contributed by atoms with Crippen LogP contribution in [0.1, 0.15) is 24.8 Å². The van der Waals surface area contributed by atoms with E-state index in [2.05, 4.69) is 15.1 Å². The lowest BCUT2D eigenvalue weighted by atomic mass is 10.1. The summed E-state index contributed by atoms with van der Waals surface area (Å²) >= 11 is 1.36. The van der Waals surface area contributed by atoms with Crippen molar-refractivity contribution < 1.29 is 13.9 Å². The van der Waals surface area contributed by atoms with Crippen LogP contribution in [0.4, 0.5) is 10.3 Å². The number of nitrogens with zero attached hydrogens (tertiary/aromatic N) is 5. The molecule has 0 saturated carbocycles. The molecule has 0 atom stereocenters. The van der Waals surface area contributed by atoms with E-state index < -0.39 is 5.82 Å². The lowest BCUT2D eigenvalue weighted by Crippen LogP contribution is -2.31. The van der Waals surface area contributed by atoms with Crippen LogP contribution in [0, 0.1) is 5.82 Å². The van der Waals surface area contributed by atoms with Gasteiger partial charge in [0, 0.05) is 26.7 Å². The number of thioether (sulfide) groups is 1. The fraction of sp³-hybridized carbons (Fsp3) is 0.375. The fourth-order valence-electron chi connectivity index (χ4n) is 3.86. The van der Waals surface area contributed by atoms with Crippen LogP contribution in [0.15, 0.2) is 53.7 Å². The molecule has 2 aromatic carbocycles. The minimum Gasteiger partial charge on any atom is -0.494 e. The van der Waals surface area contributed by atoms with E-state index in [1.54, 1.807) is 24.1 Å². The van der Waals surface area contributed by atoms with Crippen molar-refractivity contribution in [2.45, 2.75) is 31.0 Å². The van der Waals surface area contributed by atoms with E-state index in [1.165, 1.54) is 31.4 Å². The molecule has 3 aromatic rings. The third-order valence-electron chi connectivity index (χ3n) is 5.66. The topological polar surface area (TPSA) is 63.5 Å². The van der Waals surface area contributed by atoms with Crippen LogP contribution in [0.2, 0.25) is 0 Å². The number of halogens is 1. The van der Waals surface area contributed by atoms with Crippen molar-refractivity contribution in [3.05, 3.63) is 59.9 Å². The largest absolute Gasteiger partial charge is 0.494 e. The van der Waals surface area contributed by atoms with Crippen molar-refractivity contribution in [2.75, 3.05) is 37.9 Å². The van der Waals surface area contributed by atoms with E-state index in [1.807, 2.05) is 34.9 Å². The number of hydrogen-bond acceptors (Lipinski definition) is 6. The average molecular weight is 470 g/mol. The smallest absolute Gasteiger partial charge is 0.233 e. The predicted molar refractivity (Wildman–Crippen MR) is 128 cm³/mol. The number of para-hydroxylation sites is 1. The first-order chi connectivity index (χ1) is 16.1. The van der Waals surface area contributed by atoms with Gasteiger partial charge in [-0.25, -0.2) is 4.39 Å². The van der Waals surface area contributed by atoms with E-state index in [4.69, 9.17) is 4.74 Å². The van der Waals surface area contributed by atoms with Gasteiger partial charge < -0.3 is 14.5 Å². The van der Waals surface area contributed by atoms with Crippen LogP contribution in [-0.2, 0) is 11.3 Å². The SMILES string of the molecule is COc1ccc(CN(C)C(=O)CSc2nnc(N3CCCCC3)n2-c2ccccc2)cc1F. The first-order valence-electron chi connectivity index (χ1n) is 11.0. The number of methoxy groups -OCH3 is 1. The van der Waals surface area contributed by atoms with Crippen LogP contribution >= 0.6 is 11.8 Å². The van der Waals surface area contributed by atoms with Gasteiger partial charge in [0.2, 0.25) is 11.9 Å². The van der Waals surface area contributed by atoms with Gasteiger partial charge >= 0.3 is 0 Å². The molecule has 1 amide bonds. The summed E-state index contributed by atoms with van der Waals surface area (Å²) in [6.45, 7) is 2.22. The maximum atomic E-state index is 14.0. The lowest BCUT2D eigenvalue weighted by molar-refractivity contribution is -0.127. The first-order valence-corrected chi connectivity index (χ1v) is 12.0. The van der Waals surface area contributed by atoms with Crippen molar-refractivity contribution in [1.82, 2.24) is 19.7 Å². The Balaban J connectivity index is 1.46. The Morgan fingerprint density at radius 3 is 2.58 bits per heavy atom. The van der Waals surface area contributed by atoms with Crippen molar-refractivity contribution >= 4 is 23.6 Å². The Kier molecular flexibility index (Phi) is 7.49. The maximum Gasteiger partial charge on any atom is 0.233 e. The number of piperidine rings is 1. The van der Waals surface area contributed by atoms with Crippen LogP contribution in [-0.4, -0.2) is 58.6 Å². The lowest BCUT2D eigenvalue weighted by Gasteiger charge is -2.27. The van der Waals surface area contributed by atoms with Gasteiger partial charge in [-0.15, -0.1) is 10.2 Å². The molecule has 1 aromatic heterocycles. The normalized spacial score (nSPS) is 13.7. The summed E-state index contributed by atoms with van der Waals surface area (Å²) in [5.74, 6) is 0.704. The third-order valence-corrected chi connectivity index (χ3v) is 6.57. The number of aromatic nitrogens is 3. The summed E-state index contributed by atoms with van der Waals surface area (Å²) in [5, 5.41) is 9.57. The van der Waals surface area contributed by atoms with E-state index in [0.717, 1.165) is 37.6 Å². The van der Waals surface area contributed by atoms with Crippen LogP contribution < -0.4 is 9.64 Å². The quantitative estimate of drug-likeness (QED) is 0.462. The molecule has 2 heterocycles.